The van der Waals surface area contributed by atoms with Gasteiger partial charge < -0.3 is 0 Å². The second-order valence-corrected chi connectivity index (χ2v) is 3.89. The van der Waals surface area contributed by atoms with Gasteiger partial charge >= 0.3 is 0 Å². The van der Waals surface area contributed by atoms with E-state index in [4.69, 9.17) is 0 Å². The average Bonchev–Trinajstić information content (AvgIpc) is 2.69. The summed E-state index contributed by atoms with van der Waals surface area (Å²) in [6.07, 6.45) is 3.18. The molecule has 1 heterocycles. The second kappa shape index (κ2) is 4.84. The van der Waals surface area contributed by atoms with Gasteiger partial charge in [0, 0.05) is 11.8 Å². The van der Waals surface area contributed by atoms with E-state index < -0.39 is 0 Å². The number of para-hydroxylation sites is 1. The van der Waals surface area contributed by atoms with E-state index in [1.165, 1.54) is 0 Å². The standard InChI is InChI=1S/C13H16N2O/c1-2-3-7-11-10-13(16)15(14-11)12-8-5-4-6-9-12/h4-6,8-10,14H,2-3,7H2,1H3. The van der Waals surface area contributed by atoms with E-state index in [9.17, 15) is 4.79 Å². The molecule has 1 N–H and O–H groups in total. The number of nitrogens with one attached hydrogen (secondary N) is 1. The molecular weight excluding hydrogens is 200 g/mol. The summed E-state index contributed by atoms with van der Waals surface area (Å²) in [6.45, 7) is 2.15. The van der Waals surface area contributed by atoms with Gasteiger partial charge in [0.15, 0.2) is 0 Å². The highest BCUT2D eigenvalue weighted by atomic mass is 16.1. The topological polar surface area (TPSA) is 37.8 Å². The molecule has 0 aliphatic carbocycles. The lowest BCUT2D eigenvalue weighted by atomic mass is 10.2. The van der Waals surface area contributed by atoms with E-state index in [2.05, 4.69) is 12.0 Å². The van der Waals surface area contributed by atoms with Crippen molar-refractivity contribution in [1.82, 2.24) is 9.78 Å². The summed E-state index contributed by atoms with van der Waals surface area (Å²) < 4.78 is 1.59. The van der Waals surface area contributed by atoms with Crippen molar-refractivity contribution in [3.63, 3.8) is 0 Å². The van der Waals surface area contributed by atoms with Crippen molar-refractivity contribution in [3.05, 3.63) is 52.4 Å². The van der Waals surface area contributed by atoms with Crippen molar-refractivity contribution in [2.24, 2.45) is 0 Å². The minimum Gasteiger partial charge on any atom is -0.295 e. The van der Waals surface area contributed by atoms with E-state index in [1.807, 2.05) is 30.3 Å². The molecule has 1 aromatic heterocycles. The third kappa shape index (κ3) is 2.24. The van der Waals surface area contributed by atoms with Crippen molar-refractivity contribution in [2.45, 2.75) is 26.2 Å². The molecule has 0 fully saturated rings. The molecule has 0 atom stereocenters. The van der Waals surface area contributed by atoms with Crippen LogP contribution >= 0.6 is 0 Å². The molecule has 0 spiro atoms. The highest BCUT2D eigenvalue weighted by Gasteiger charge is 2.03. The van der Waals surface area contributed by atoms with Crippen LogP contribution in [0.1, 0.15) is 25.5 Å². The van der Waals surface area contributed by atoms with Crippen LogP contribution < -0.4 is 5.56 Å². The predicted molar refractivity (Wildman–Crippen MR) is 65.0 cm³/mol. The number of hydrogen-bond acceptors (Lipinski definition) is 1. The molecule has 84 valence electrons. The maximum atomic E-state index is 11.7. The zero-order chi connectivity index (χ0) is 11.4. The van der Waals surface area contributed by atoms with Crippen LogP contribution in [0.2, 0.25) is 0 Å². The van der Waals surface area contributed by atoms with Crippen LogP contribution in [-0.4, -0.2) is 9.78 Å². The molecule has 1 aromatic carbocycles. The van der Waals surface area contributed by atoms with Gasteiger partial charge in [0.1, 0.15) is 0 Å². The van der Waals surface area contributed by atoms with Crippen molar-refractivity contribution >= 4 is 0 Å². The van der Waals surface area contributed by atoms with Gasteiger partial charge in [-0.25, -0.2) is 4.68 Å². The molecule has 0 aliphatic heterocycles. The van der Waals surface area contributed by atoms with Crippen molar-refractivity contribution in [3.8, 4) is 5.69 Å². The van der Waals surface area contributed by atoms with Gasteiger partial charge in [-0.3, -0.25) is 9.89 Å². The Hall–Kier alpha value is -1.77. The number of aromatic amines is 1. The van der Waals surface area contributed by atoms with Crippen LogP contribution in [0.4, 0.5) is 0 Å². The summed E-state index contributed by atoms with van der Waals surface area (Å²) in [4.78, 5) is 11.7. The second-order valence-electron chi connectivity index (χ2n) is 3.89. The molecule has 0 aliphatic rings. The van der Waals surface area contributed by atoms with Crippen LogP contribution in [0.5, 0.6) is 0 Å². The van der Waals surface area contributed by atoms with Gasteiger partial charge in [0.05, 0.1) is 5.69 Å². The van der Waals surface area contributed by atoms with E-state index in [1.54, 1.807) is 10.7 Å². The Morgan fingerprint density at radius 3 is 2.69 bits per heavy atom. The van der Waals surface area contributed by atoms with Crippen LogP contribution in [-0.2, 0) is 6.42 Å². The molecule has 3 heteroatoms. The first-order valence-corrected chi connectivity index (χ1v) is 5.67. The third-order valence-electron chi connectivity index (χ3n) is 2.59. The lowest BCUT2D eigenvalue weighted by molar-refractivity contribution is 0.748. The average molecular weight is 216 g/mol. The smallest absolute Gasteiger partial charge is 0.271 e. The summed E-state index contributed by atoms with van der Waals surface area (Å²) in [6, 6.07) is 11.3. The first kappa shape index (κ1) is 10.7. The molecule has 2 rings (SSSR count). The Kier molecular flexibility index (Phi) is 3.25. The summed E-state index contributed by atoms with van der Waals surface area (Å²) in [7, 11) is 0. The lowest BCUT2D eigenvalue weighted by Gasteiger charge is -2.00. The zero-order valence-electron chi connectivity index (χ0n) is 9.44. The van der Waals surface area contributed by atoms with Gasteiger partial charge in [0.2, 0.25) is 0 Å². The molecule has 0 bridgehead atoms. The van der Waals surface area contributed by atoms with E-state index in [0.717, 1.165) is 30.6 Å². The number of hydrogen-bond donors (Lipinski definition) is 1. The number of aryl methyl sites for hydroxylation is 1. The van der Waals surface area contributed by atoms with Crippen LogP contribution in [0.25, 0.3) is 5.69 Å². The van der Waals surface area contributed by atoms with Gasteiger partial charge in [-0.2, -0.15) is 0 Å². The SMILES string of the molecule is CCCCc1cc(=O)n(-c2ccccc2)[nH]1. The molecule has 0 amide bonds. The van der Waals surface area contributed by atoms with Gasteiger partial charge in [0.25, 0.3) is 5.56 Å². The predicted octanol–water partition coefficient (Wildman–Crippen LogP) is 2.51. The van der Waals surface area contributed by atoms with E-state index in [0.29, 0.717) is 0 Å². The van der Waals surface area contributed by atoms with Gasteiger partial charge in [-0.1, -0.05) is 31.5 Å². The number of aromatic nitrogens is 2. The van der Waals surface area contributed by atoms with E-state index in [-0.39, 0.29) is 5.56 Å². The maximum Gasteiger partial charge on any atom is 0.271 e. The number of unbranched alkanes of at least 4 members (excludes halogenated alkanes) is 1. The summed E-state index contributed by atoms with van der Waals surface area (Å²) >= 11 is 0. The minimum atomic E-state index is 0.0114. The highest BCUT2D eigenvalue weighted by Crippen LogP contribution is 2.05. The zero-order valence-corrected chi connectivity index (χ0v) is 9.44. The van der Waals surface area contributed by atoms with Gasteiger partial charge in [-0.15, -0.1) is 0 Å². The monoisotopic (exact) mass is 216 g/mol. The Labute approximate surface area is 94.7 Å². The minimum absolute atomic E-state index is 0.0114. The molecule has 2 aromatic rings. The quantitative estimate of drug-likeness (QED) is 0.837. The molecular formula is C13H16N2O. The normalized spacial score (nSPS) is 10.6. The van der Waals surface area contributed by atoms with E-state index >= 15 is 0 Å². The number of H-pyrrole nitrogens is 1. The maximum absolute atomic E-state index is 11.7. The van der Waals surface area contributed by atoms with Crippen LogP contribution in [0, 0.1) is 0 Å². The van der Waals surface area contributed by atoms with Crippen molar-refractivity contribution in [2.75, 3.05) is 0 Å². The summed E-state index contributed by atoms with van der Waals surface area (Å²) in [5.74, 6) is 0. The van der Waals surface area contributed by atoms with Crippen LogP contribution in [0.3, 0.4) is 0 Å². The molecule has 16 heavy (non-hydrogen) atoms. The third-order valence-corrected chi connectivity index (χ3v) is 2.59. The van der Waals surface area contributed by atoms with Gasteiger partial charge in [-0.05, 0) is 25.0 Å². The molecule has 3 nitrogen and oxygen atoms in total. The molecule has 0 radical (unpaired) electrons. The Bertz CT molecular complexity index is 496. The molecule has 0 saturated carbocycles. The first-order valence-electron chi connectivity index (χ1n) is 5.67. The highest BCUT2D eigenvalue weighted by molar-refractivity contribution is 5.30. The number of benzene rings is 1. The summed E-state index contributed by atoms with van der Waals surface area (Å²) in [5, 5.41) is 3.14. The fourth-order valence-electron chi connectivity index (χ4n) is 1.71. The summed E-state index contributed by atoms with van der Waals surface area (Å²) in [5.41, 5.74) is 1.91. The number of rotatable bonds is 4. The largest absolute Gasteiger partial charge is 0.295 e. The lowest BCUT2D eigenvalue weighted by Crippen LogP contribution is -2.12. The Morgan fingerprint density at radius 2 is 2.00 bits per heavy atom. The Balaban J connectivity index is 2.29. The molecule has 0 saturated heterocycles. The first-order chi connectivity index (χ1) is 7.81. The fraction of sp³-hybridized carbons (Fsp3) is 0.308. The Morgan fingerprint density at radius 1 is 1.25 bits per heavy atom. The molecule has 0 unspecified atom stereocenters. The van der Waals surface area contributed by atoms with Crippen molar-refractivity contribution < 1.29 is 0 Å². The fourth-order valence-corrected chi connectivity index (χ4v) is 1.71. The van der Waals surface area contributed by atoms with Crippen molar-refractivity contribution in [1.29, 1.82) is 0 Å². The van der Waals surface area contributed by atoms with Crippen LogP contribution in [0.15, 0.2) is 41.2 Å². The number of nitrogens with zero attached hydrogens (tertiary/aromatic N) is 1.